The molecule has 4 bridgehead atoms. The second kappa shape index (κ2) is 15.6. The lowest BCUT2D eigenvalue weighted by atomic mass is 9.64. The third-order valence-electron chi connectivity index (χ3n) is 12.4. The monoisotopic (exact) mass is 744 g/mol. The first-order chi connectivity index (χ1) is 24.5. The fourth-order valence-electron chi connectivity index (χ4n) is 8.58. The van der Waals surface area contributed by atoms with E-state index < -0.39 is 21.5 Å². The van der Waals surface area contributed by atoms with Crippen molar-refractivity contribution in [1.29, 1.82) is 0 Å². The predicted molar refractivity (Wildman–Crippen MR) is 199 cm³/mol. The van der Waals surface area contributed by atoms with Gasteiger partial charge < -0.3 is 24.4 Å². The summed E-state index contributed by atoms with van der Waals surface area (Å²) in [5.74, 6) is 0.885. The van der Waals surface area contributed by atoms with Gasteiger partial charge >= 0.3 is 0 Å². The van der Waals surface area contributed by atoms with E-state index in [2.05, 4.69) is 32.5 Å². The second-order valence-electron chi connectivity index (χ2n) is 15.6. The zero-order chi connectivity index (χ0) is 35.9. The first-order valence-electron chi connectivity index (χ1n) is 18.9. The lowest BCUT2D eigenvalue weighted by Crippen LogP contribution is -2.48. The van der Waals surface area contributed by atoms with Crippen LogP contribution in [0.25, 0.3) is 0 Å². The summed E-state index contributed by atoms with van der Waals surface area (Å²) >= 11 is 6.30. The molecule has 2 aliphatic carbocycles. The standard InChI is InChI=1S/C39H54ClFN4O5S/c1-25-26(2)51(47,48)42-39(46)27-9-12-36-35(22-27)45(23-28-8-11-34(40)37(41)32(28)6-4-5-18-49-36)24-29-7-10-33(29)38(31-20-30(25)21-31)50-19-17-44-15-13-43(3)14-16-44/h8-9,11-12,20,22,25-26,29-30,33,38-39,42,46H,4-7,10,13-19,21,23-24H2,1-3H3/t25-,26-,29+,30+,33-,38+,39?/m1/s1. The van der Waals surface area contributed by atoms with Crippen molar-refractivity contribution in [2.75, 3.05) is 64.4 Å². The molecule has 0 amide bonds. The number of piperazine rings is 1. The van der Waals surface area contributed by atoms with Gasteiger partial charge in [-0.3, -0.25) is 4.90 Å². The Morgan fingerprint density at radius 1 is 1.10 bits per heavy atom. The van der Waals surface area contributed by atoms with Gasteiger partial charge in [0.05, 0.1) is 35.3 Å². The van der Waals surface area contributed by atoms with Crippen LogP contribution in [-0.2, 0) is 27.7 Å². The van der Waals surface area contributed by atoms with Crippen molar-refractivity contribution in [2.24, 2.45) is 23.7 Å². The molecule has 12 heteroatoms. The lowest BCUT2D eigenvalue weighted by Gasteiger charge is -2.48. The van der Waals surface area contributed by atoms with Crippen molar-refractivity contribution in [3.05, 3.63) is 69.5 Å². The third-order valence-corrected chi connectivity index (χ3v) is 14.7. The Morgan fingerprint density at radius 3 is 2.63 bits per heavy atom. The van der Waals surface area contributed by atoms with Crippen LogP contribution in [-0.4, -0.2) is 94.2 Å². The smallest absolute Gasteiger partial charge is 0.216 e. The fourth-order valence-corrected chi connectivity index (χ4v) is 10.2. The molecule has 280 valence electrons. The molecule has 0 radical (unpaired) electrons. The SMILES string of the molecule is C[C@@H]1[C@@H](C)S(=O)(=O)NC(O)c2ccc3c(c2)N(Cc2ccc(Cl)c(F)c2CCCCO3)C[C@@H]2CC[C@H]2[C@@H](OCCN2CCN(C)CC2)C2=C[C@H]1C2. The summed E-state index contributed by atoms with van der Waals surface area (Å²) in [6, 6.07) is 8.95. The average molecular weight is 745 g/mol. The van der Waals surface area contributed by atoms with Crippen LogP contribution in [0, 0.1) is 29.5 Å². The van der Waals surface area contributed by atoms with E-state index >= 15 is 4.39 Å². The van der Waals surface area contributed by atoms with Crippen LogP contribution in [0.3, 0.4) is 0 Å². The number of hydrogen-bond acceptors (Lipinski definition) is 8. The molecule has 51 heavy (non-hydrogen) atoms. The minimum atomic E-state index is -3.88. The van der Waals surface area contributed by atoms with Gasteiger partial charge in [-0.2, -0.15) is 4.72 Å². The Bertz CT molecular complexity index is 1700. The Labute approximate surface area is 308 Å². The number of fused-ring (bicyclic) bond motifs is 5. The molecule has 2 fully saturated rings. The molecule has 4 aliphatic heterocycles. The number of benzene rings is 2. The van der Waals surface area contributed by atoms with Gasteiger partial charge in [-0.15, -0.1) is 0 Å². The molecule has 1 saturated carbocycles. The summed E-state index contributed by atoms with van der Waals surface area (Å²) in [7, 11) is -1.71. The van der Waals surface area contributed by atoms with E-state index in [1.54, 1.807) is 19.1 Å². The highest BCUT2D eigenvalue weighted by molar-refractivity contribution is 7.90. The van der Waals surface area contributed by atoms with E-state index in [1.165, 1.54) is 5.57 Å². The zero-order valence-corrected chi connectivity index (χ0v) is 31.8. The zero-order valence-electron chi connectivity index (χ0n) is 30.2. The number of likely N-dealkylation sites (N-methyl/N-ethyl adjacent to an activating group) is 1. The third kappa shape index (κ3) is 8.00. The maximum absolute atomic E-state index is 15.6. The van der Waals surface area contributed by atoms with E-state index in [9.17, 15) is 13.5 Å². The number of nitrogens with one attached hydrogen (secondary N) is 1. The molecule has 6 aliphatic rings. The number of sulfonamides is 1. The minimum absolute atomic E-state index is 0.0334. The van der Waals surface area contributed by atoms with Crippen LogP contribution in [0.4, 0.5) is 10.1 Å². The van der Waals surface area contributed by atoms with E-state index in [0.29, 0.717) is 61.4 Å². The van der Waals surface area contributed by atoms with Gasteiger partial charge in [-0.05, 0) is 117 Å². The Kier molecular flexibility index (Phi) is 11.4. The van der Waals surface area contributed by atoms with Crippen molar-refractivity contribution < 1.29 is 27.4 Å². The van der Waals surface area contributed by atoms with Crippen molar-refractivity contribution >= 4 is 27.3 Å². The summed E-state index contributed by atoms with van der Waals surface area (Å²) in [5, 5.41) is 10.8. The number of allylic oxidation sites excluding steroid dienone is 1. The summed E-state index contributed by atoms with van der Waals surface area (Å²) in [6.07, 6.45) is 5.74. The van der Waals surface area contributed by atoms with Gasteiger partial charge in [0.2, 0.25) is 10.0 Å². The molecule has 2 aromatic rings. The summed E-state index contributed by atoms with van der Waals surface area (Å²) in [5.41, 5.74) is 3.95. The number of hydrogen-bond donors (Lipinski definition) is 2. The molecule has 1 unspecified atom stereocenters. The number of aliphatic hydroxyl groups is 1. The topological polar surface area (TPSA) is 94.6 Å². The average Bonchev–Trinajstić information content (AvgIpc) is 3.10. The highest BCUT2D eigenvalue weighted by Crippen LogP contribution is 2.48. The number of anilines is 1. The molecular formula is C39H54ClFN4O5S. The van der Waals surface area contributed by atoms with Crippen molar-refractivity contribution in [3.63, 3.8) is 0 Å². The van der Waals surface area contributed by atoms with E-state index in [0.717, 1.165) is 76.1 Å². The van der Waals surface area contributed by atoms with Gasteiger partial charge in [0.25, 0.3) is 0 Å². The number of aliphatic hydroxyl groups excluding tert-OH is 1. The number of halogens is 2. The van der Waals surface area contributed by atoms with Crippen molar-refractivity contribution in [3.8, 4) is 5.75 Å². The largest absolute Gasteiger partial charge is 0.491 e. The maximum atomic E-state index is 15.6. The van der Waals surface area contributed by atoms with Crippen LogP contribution >= 0.6 is 11.6 Å². The van der Waals surface area contributed by atoms with E-state index in [4.69, 9.17) is 21.1 Å². The highest BCUT2D eigenvalue weighted by atomic mass is 35.5. The van der Waals surface area contributed by atoms with Gasteiger partial charge in [0.1, 0.15) is 17.8 Å². The molecule has 8 rings (SSSR count). The van der Waals surface area contributed by atoms with Crippen LogP contribution < -0.4 is 14.4 Å². The second-order valence-corrected chi connectivity index (χ2v) is 18.1. The Hall–Kier alpha value is -2.25. The van der Waals surface area contributed by atoms with Crippen molar-refractivity contribution in [2.45, 2.75) is 76.5 Å². The molecule has 0 spiro atoms. The highest BCUT2D eigenvalue weighted by Gasteiger charge is 2.45. The van der Waals surface area contributed by atoms with Crippen LogP contribution in [0.15, 0.2) is 42.0 Å². The van der Waals surface area contributed by atoms with Crippen molar-refractivity contribution in [1.82, 2.24) is 14.5 Å². The van der Waals surface area contributed by atoms with Crippen LogP contribution in [0.5, 0.6) is 5.75 Å². The number of ether oxygens (including phenoxy) is 2. The summed E-state index contributed by atoms with van der Waals surface area (Å²) < 4.78 is 58.7. The molecular weight excluding hydrogens is 691 g/mol. The molecule has 1 saturated heterocycles. The molecule has 4 heterocycles. The van der Waals surface area contributed by atoms with E-state index in [1.807, 2.05) is 25.1 Å². The molecule has 2 N–H and O–H groups in total. The normalized spacial score (nSPS) is 31.8. The predicted octanol–water partition coefficient (Wildman–Crippen LogP) is 5.75. The minimum Gasteiger partial charge on any atom is -0.491 e. The number of rotatable bonds is 4. The molecule has 7 atom stereocenters. The Morgan fingerprint density at radius 2 is 1.88 bits per heavy atom. The summed E-state index contributed by atoms with van der Waals surface area (Å²) in [6.45, 7) is 11.0. The van der Waals surface area contributed by atoms with Gasteiger partial charge in [-0.1, -0.05) is 36.7 Å². The number of nitrogens with zero attached hydrogens (tertiary/aromatic N) is 3. The van der Waals surface area contributed by atoms with Crippen LogP contribution in [0.1, 0.15) is 68.9 Å². The Balaban J connectivity index is 1.25. The van der Waals surface area contributed by atoms with E-state index in [-0.39, 0.29) is 28.8 Å². The molecule has 2 aromatic carbocycles. The van der Waals surface area contributed by atoms with Crippen LogP contribution in [0.2, 0.25) is 5.02 Å². The van der Waals surface area contributed by atoms with Gasteiger partial charge in [-0.25, -0.2) is 12.8 Å². The molecule has 0 aromatic heterocycles. The lowest BCUT2D eigenvalue weighted by molar-refractivity contribution is -0.0348. The van der Waals surface area contributed by atoms with Gasteiger partial charge in [0, 0.05) is 45.8 Å². The first kappa shape index (κ1) is 37.1. The first-order valence-corrected chi connectivity index (χ1v) is 20.8. The molecule has 9 nitrogen and oxygen atoms in total. The summed E-state index contributed by atoms with van der Waals surface area (Å²) in [4.78, 5) is 7.08. The van der Waals surface area contributed by atoms with Gasteiger partial charge in [0.15, 0.2) is 0 Å². The maximum Gasteiger partial charge on any atom is 0.216 e. The quantitative estimate of drug-likeness (QED) is 0.383. The fraction of sp³-hybridized carbons (Fsp3) is 0.641.